The molecular formula is C16H26N2O2. The van der Waals surface area contributed by atoms with E-state index in [4.69, 9.17) is 4.74 Å². The van der Waals surface area contributed by atoms with Crippen LogP contribution in [0.2, 0.25) is 0 Å². The van der Waals surface area contributed by atoms with Crippen molar-refractivity contribution in [3.05, 3.63) is 24.3 Å². The monoisotopic (exact) mass is 278 g/mol. The number of piperazine rings is 1. The van der Waals surface area contributed by atoms with E-state index in [1.165, 1.54) is 5.69 Å². The van der Waals surface area contributed by atoms with Crippen LogP contribution >= 0.6 is 0 Å². The molecule has 112 valence electrons. The van der Waals surface area contributed by atoms with Gasteiger partial charge in [0.25, 0.3) is 0 Å². The first kappa shape index (κ1) is 15.1. The lowest BCUT2D eigenvalue weighted by Gasteiger charge is -2.39. The molecule has 0 aromatic heterocycles. The summed E-state index contributed by atoms with van der Waals surface area (Å²) in [4.78, 5) is 4.74. The number of benzene rings is 1. The van der Waals surface area contributed by atoms with Crippen LogP contribution in [-0.4, -0.2) is 55.4 Å². The first-order valence-corrected chi connectivity index (χ1v) is 7.38. The zero-order valence-corrected chi connectivity index (χ0v) is 12.8. The van der Waals surface area contributed by atoms with Crippen molar-refractivity contribution < 1.29 is 9.84 Å². The van der Waals surface area contributed by atoms with Crippen molar-refractivity contribution in [1.82, 2.24) is 4.90 Å². The fourth-order valence-electron chi connectivity index (χ4n) is 2.55. The summed E-state index contributed by atoms with van der Waals surface area (Å²) in [6.45, 7) is 8.74. The van der Waals surface area contributed by atoms with Gasteiger partial charge in [0.1, 0.15) is 5.75 Å². The van der Waals surface area contributed by atoms with Crippen LogP contribution in [0.5, 0.6) is 5.75 Å². The Balaban J connectivity index is 1.87. The Kier molecular flexibility index (Phi) is 4.89. The van der Waals surface area contributed by atoms with Gasteiger partial charge in [0.05, 0.1) is 12.7 Å². The van der Waals surface area contributed by atoms with Gasteiger partial charge in [-0.05, 0) is 37.6 Å². The topological polar surface area (TPSA) is 35.9 Å². The van der Waals surface area contributed by atoms with Crippen LogP contribution in [-0.2, 0) is 0 Å². The summed E-state index contributed by atoms with van der Waals surface area (Å²) in [5, 5.41) is 10.1. The Morgan fingerprint density at radius 2 is 1.75 bits per heavy atom. The van der Waals surface area contributed by atoms with Gasteiger partial charge in [-0.1, -0.05) is 6.92 Å². The molecule has 0 amide bonds. The molecule has 1 heterocycles. The third-order valence-corrected chi connectivity index (χ3v) is 4.14. The van der Waals surface area contributed by atoms with E-state index in [0.717, 1.165) is 44.9 Å². The van der Waals surface area contributed by atoms with Crippen LogP contribution in [0.15, 0.2) is 24.3 Å². The molecule has 2 rings (SSSR count). The third-order valence-electron chi connectivity index (χ3n) is 4.14. The maximum atomic E-state index is 10.1. The zero-order chi connectivity index (χ0) is 14.6. The van der Waals surface area contributed by atoms with E-state index in [9.17, 15) is 5.11 Å². The predicted octanol–water partition coefficient (Wildman–Crippen LogP) is 1.98. The lowest BCUT2D eigenvalue weighted by atomic mass is 10.0. The van der Waals surface area contributed by atoms with Gasteiger partial charge in [0.2, 0.25) is 0 Å². The Morgan fingerprint density at radius 3 is 2.25 bits per heavy atom. The fraction of sp³-hybridized carbons (Fsp3) is 0.625. The Labute approximate surface area is 122 Å². The molecule has 0 spiro atoms. The summed E-state index contributed by atoms with van der Waals surface area (Å²) in [5.41, 5.74) is 0.676. The van der Waals surface area contributed by atoms with Crippen LogP contribution in [0, 0.1) is 0 Å². The average molecular weight is 278 g/mol. The van der Waals surface area contributed by atoms with Gasteiger partial charge in [-0.15, -0.1) is 0 Å². The molecule has 0 bridgehead atoms. The van der Waals surface area contributed by atoms with Crippen molar-refractivity contribution in [2.24, 2.45) is 0 Å². The van der Waals surface area contributed by atoms with Crippen molar-refractivity contribution >= 4 is 5.69 Å². The molecule has 1 atom stereocenters. The second-order valence-corrected chi connectivity index (χ2v) is 5.81. The van der Waals surface area contributed by atoms with Gasteiger partial charge in [-0.25, -0.2) is 0 Å². The molecule has 4 nitrogen and oxygen atoms in total. The summed E-state index contributed by atoms with van der Waals surface area (Å²) in [6, 6.07) is 8.22. The quantitative estimate of drug-likeness (QED) is 0.893. The second kappa shape index (κ2) is 6.46. The van der Waals surface area contributed by atoms with E-state index < -0.39 is 5.60 Å². The highest BCUT2D eigenvalue weighted by molar-refractivity contribution is 5.49. The van der Waals surface area contributed by atoms with Crippen molar-refractivity contribution in [2.75, 3.05) is 44.7 Å². The summed E-state index contributed by atoms with van der Waals surface area (Å²) in [5.74, 6) is 0.895. The van der Waals surface area contributed by atoms with Gasteiger partial charge >= 0.3 is 0 Å². The molecule has 1 saturated heterocycles. The van der Waals surface area contributed by atoms with Crippen LogP contribution in [0.1, 0.15) is 20.3 Å². The smallest absolute Gasteiger partial charge is 0.119 e. The standard InChI is InChI=1S/C16H26N2O2/c1-4-16(2,19)13-17-9-11-18(12-10-17)14-5-7-15(20-3)8-6-14/h5-8,19H,4,9-13H2,1-3H3. The van der Waals surface area contributed by atoms with Crippen molar-refractivity contribution in [3.63, 3.8) is 0 Å². The molecule has 0 aliphatic carbocycles. The maximum Gasteiger partial charge on any atom is 0.119 e. The zero-order valence-electron chi connectivity index (χ0n) is 12.8. The Bertz CT molecular complexity index is 409. The summed E-state index contributed by atoms with van der Waals surface area (Å²) in [6.07, 6.45) is 0.797. The first-order valence-electron chi connectivity index (χ1n) is 7.38. The normalized spacial score (nSPS) is 19.7. The number of nitrogens with zero attached hydrogens (tertiary/aromatic N) is 2. The number of methoxy groups -OCH3 is 1. The maximum absolute atomic E-state index is 10.1. The van der Waals surface area contributed by atoms with Crippen LogP contribution in [0.25, 0.3) is 0 Å². The number of anilines is 1. The molecule has 0 radical (unpaired) electrons. The van der Waals surface area contributed by atoms with Gasteiger partial charge in [-0.2, -0.15) is 0 Å². The van der Waals surface area contributed by atoms with Crippen LogP contribution < -0.4 is 9.64 Å². The van der Waals surface area contributed by atoms with Crippen molar-refractivity contribution in [1.29, 1.82) is 0 Å². The number of rotatable bonds is 5. The molecular weight excluding hydrogens is 252 g/mol. The van der Waals surface area contributed by atoms with E-state index in [0.29, 0.717) is 0 Å². The number of hydrogen-bond donors (Lipinski definition) is 1. The lowest BCUT2D eigenvalue weighted by molar-refractivity contribution is 0.0149. The van der Waals surface area contributed by atoms with Gasteiger partial charge in [0.15, 0.2) is 0 Å². The highest BCUT2D eigenvalue weighted by atomic mass is 16.5. The minimum atomic E-state index is -0.567. The second-order valence-electron chi connectivity index (χ2n) is 5.81. The molecule has 4 heteroatoms. The molecule has 1 N–H and O–H groups in total. The largest absolute Gasteiger partial charge is 0.497 e. The molecule has 1 aliphatic heterocycles. The SMILES string of the molecule is CCC(C)(O)CN1CCN(c2ccc(OC)cc2)CC1. The minimum absolute atomic E-state index is 0.567. The van der Waals surface area contributed by atoms with Gasteiger partial charge in [-0.3, -0.25) is 4.90 Å². The van der Waals surface area contributed by atoms with E-state index >= 15 is 0 Å². The molecule has 1 aromatic rings. The number of aliphatic hydroxyl groups is 1. The van der Waals surface area contributed by atoms with Gasteiger partial charge in [0, 0.05) is 38.4 Å². The number of hydrogen-bond acceptors (Lipinski definition) is 4. The predicted molar refractivity (Wildman–Crippen MR) is 82.6 cm³/mol. The average Bonchev–Trinajstić information content (AvgIpc) is 2.48. The van der Waals surface area contributed by atoms with Crippen molar-refractivity contribution in [2.45, 2.75) is 25.9 Å². The van der Waals surface area contributed by atoms with Crippen molar-refractivity contribution in [3.8, 4) is 5.75 Å². The molecule has 1 fully saturated rings. The highest BCUT2D eigenvalue weighted by Crippen LogP contribution is 2.21. The molecule has 0 saturated carbocycles. The Hall–Kier alpha value is -1.26. The fourth-order valence-corrected chi connectivity index (χ4v) is 2.55. The minimum Gasteiger partial charge on any atom is -0.497 e. The van der Waals surface area contributed by atoms with E-state index in [1.54, 1.807) is 7.11 Å². The lowest BCUT2D eigenvalue weighted by Crippen LogP contribution is -2.51. The summed E-state index contributed by atoms with van der Waals surface area (Å²) >= 11 is 0. The molecule has 1 unspecified atom stereocenters. The van der Waals surface area contributed by atoms with E-state index in [2.05, 4.69) is 21.9 Å². The van der Waals surface area contributed by atoms with Crippen LogP contribution in [0.3, 0.4) is 0 Å². The Morgan fingerprint density at radius 1 is 1.15 bits per heavy atom. The van der Waals surface area contributed by atoms with E-state index in [1.807, 2.05) is 26.0 Å². The number of ether oxygens (including phenoxy) is 1. The molecule has 1 aliphatic rings. The summed E-state index contributed by atoms with van der Waals surface area (Å²) in [7, 11) is 1.69. The van der Waals surface area contributed by atoms with Crippen LogP contribution in [0.4, 0.5) is 5.69 Å². The third kappa shape index (κ3) is 3.87. The molecule has 20 heavy (non-hydrogen) atoms. The van der Waals surface area contributed by atoms with Gasteiger partial charge < -0.3 is 14.7 Å². The van der Waals surface area contributed by atoms with E-state index in [-0.39, 0.29) is 0 Å². The molecule has 1 aromatic carbocycles. The first-order chi connectivity index (χ1) is 9.54. The number of β-amino-alcohol motifs (C(OH)–C–C–N with tert-alkyl or cyclic N) is 1. The summed E-state index contributed by atoms with van der Waals surface area (Å²) < 4.78 is 5.19. The highest BCUT2D eigenvalue weighted by Gasteiger charge is 2.25.